The van der Waals surface area contributed by atoms with Crippen LogP contribution in [-0.2, 0) is 34.3 Å². The zero-order valence-electron chi connectivity index (χ0n) is 16.4. The highest BCUT2D eigenvalue weighted by molar-refractivity contribution is 7.89. The van der Waals surface area contributed by atoms with Crippen molar-refractivity contribution in [3.05, 3.63) is 51.8 Å². The molecule has 3 heterocycles. The molecule has 1 aliphatic rings. The van der Waals surface area contributed by atoms with Crippen LogP contribution < -0.4 is 14.4 Å². The van der Waals surface area contributed by atoms with Crippen LogP contribution in [0.5, 0.6) is 5.75 Å². The quantitative estimate of drug-likeness (QED) is 0.590. The number of ether oxygens (including phenoxy) is 1. The fourth-order valence-corrected chi connectivity index (χ4v) is 5.07. The van der Waals surface area contributed by atoms with Crippen molar-refractivity contribution in [2.45, 2.75) is 38.3 Å². The number of amides is 1. The SMILES string of the molecule is CCc1nc(CN2C(=O)COc3cc(S(=O)(=O)NCc4cccs4)c(C)cc32)no1. The van der Waals surface area contributed by atoms with Gasteiger partial charge in [-0.1, -0.05) is 18.1 Å². The molecule has 0 saturated heterocycles. The second kappa shape index (κ2) is 8.17. The molecule has 0 bridgehead atoms. The van der Waals surface area contributed by atoms with Crippen molar-refractivity contribution in [1.82, 2.24) is 14.9 Å². The predicted molar refractivity (Wildman–Crippen MR) is 110 cm³/mol. The van der Waals surface area contributed by atoms with E-state index in [0.717, 1.165) is 4.88 Å². The number of nitrogens with zero attached hydrogens (tertiary/aromatic N) is 3. The molecule has 1 N–H and O–H groups in total. The zero-order chi connectivity index (χ0) is 21.3. The first-order valence-electron chi connectivity index (χ1n) is 9.28. The maximum atomic E-state index is 12.8. The first-order valence-corrected chi connectivity index (χ1v) is 11.6. The molecule has 0 radical (unpaired) electrons. The van der Waals surface area contributed by atoms with Gasteiger partial charge in [0.1, 0.15) is 5.75 Å². The lowest BCUT2D eigenvalue weighted by atomic mass is 10.1. The number of nitrogens with one attached hydrogen (secondary N) is 1. The molecule has 0 spiro atoms. The van der Waals surface area contributed by atoms with Crippen molar-refractivity contribution in [1.29, 1.82) is 0 Å². The third-order valence-electron chi connectivity index (χ3n) is 4.62. The van der Waals surface area contributed by atoms with Crippen molar-refractivity contribution in [2.75, 3.05) is 11.5 Å². The molecule has 0 atom stereocenters. The van der Waals surface area contributed by atoms with Gasteiger partial charge in [0.25, 0.3) is 5.91 Å². The van der Waals surface area contributed by atoms with Crippen LogP contribution in [0.1, 0.15) is 29.1 Å². The Morgan fingerprint density at radius 1 is 1.33 bits per heavy atom. The molecule has 0 aliphatic carbocycles. The van der Waals surface area contributed by atoms with Gasteiger partial charge in [-0.2, -0.15) is 4.98 Å². The summed E-state index contributed by atoms with van der Waals surface area (Å²) in [7, 11) is -3.76. The molecule has 1 amide bonds. The number of anilines is 1. The van der Waals surface area contributed by atoms with Gasteiger partial charge >= 0.3 is 0 Å². The maximum absolute atomic E-state index is 12.8. The maximum Gasteiger partial charge on any atom is 0.265 e. The Morgan fingerprint density at radius 3 is 2.87 bits per heavy atom. The van der Waals surface area contributed by atoms with E-state index in [1.807, 2.05) is 24.4 Å². The summed E-state index contributed by atoms with van der Waals surface area (Å²) in [4.78, 5) is 19.2. The number of sulfonamides is 1. The standard InChI is InChI=1S/C19H20N4O5S2/c1-3-18-21-17(22-28-18)10-23-14-7-12(2)16(8-15(14)27-11-19(23)24)30(25,26)20-9-13-5-4-6-29-13/h4-8,20H,3,9-11H2,1-2H3. The summed E-state index contributed by atoms with van der Waals surface area (Å²) in [6, 6.07) is 6.81. The molecule has 30 heavy (non-hydrogen) atoms. The third-order valence-corrected chi connectivity index (χ3v) is 7.04. The Hall–Kier alpha value is -2.76. The van der Waals surface area contributed by atoms with Gasteiger partial charge in [0.15, 0.2) is 12.4 Å². The Morgan fingerprint density at radius 2 is 2.17 bits per heavy atom. The van der Waals surface area contributed by atoms with Crippen molar-refractivity contribution in [3.8, 4) is 5.75 Å². The summed E-state index contributed by atoms with van der Waals surface area (Å²) in [6.45, 7) is 3.70. The van der Waals surface area contributed by atoms with Crippen LogP contribution in [0.2, 0.25) is 0 Å². The van der Waals surface area contributed by atoms with E-state index in [0.29, 0.717) is 35.1 Å². The summed E-state index contributed by atoms with van der Waals surface area (Å²) < 4.78 is 38.9. The number of hydrogen-bond donors (Lipinski definition) is 1. The highest BCUT2D eigenvalue weighted by Crippen LogP contribution is 2.37. The van der Waals surface area contributed by atoms with Crippen molar-refractivity contribution in [3.63, 3.8) is 0 Å². The van der Waals surface area contributed by atoms with Crippen LogP contribution in [-0.4, -0.2) is 31.1 Å². The van der Waals surface area contributed by atoms with E-state index in [4.69, 9.17) is 9.26 Å². The number of carbonyl (C=O) groups is 1. The largest absolute Gasteiger partial charge is 0.482 e. The van der Waals surface area contributed by atoms with Crippen molar-refractivity contribution < 1.29 is 22.5 Å². The summed E-state index contributed by atoms with van der Waals surface area (Å²) in [5.41, 5.74) is 0.974. The molecule has 0 fully saturated rings. The van der Waals surface area contributed by atoms with E-state index < -0.39 is 10.0 Å². The lowest BCUT2D eigenvalue weighted by Gasteiger charge is -2.29. The minimum absolute atomic E-state index is 0.111. The number of aromatic nitrogens is 2. The molecule has 0 unspecified atom stereocenters. The van der Waals surface area contributed by atoms with Gasteiger partial charge in [0, 0.05) is 23.9 Å². The van der Waals surface area contributed by atoms with Gasteiger partial charge in [-0.3, -0.25) is 9.69 Å². The Bertz CT molecular complexity index is 1170. The molecule has 3 aromatic rings. The second-order valence-electron chi connectivity index (χ2n) is 6.72. The lowest BCUT2D eigenvalue weighted by Crippen LogP contribution is -2.38. The molecule has 9 nitrogen and oxygen atoms in total. The fraction of sp³-hybridized carbons (Fsp3) is 0.316. The smallest absolute Gasteiger partial charge is 0.265 e. The average molecular weight is 449 g/mol. The summed E-state index contributed by atoms with van der Waals surface area (Å²) in [6.07, 6.45) is 0.597. The molecule has 2 aromatic heterocycles. The van der Waals surface area contributed by atoms with Crippen molar-refractivity contribution >= 4 is 33.0 Å². The predicted octanol–water partition coefficient (Wildman–Crippen LogP) is 2.41. The topological polar surface area (TPSA) is 115 Å². The van der Waals surface area contributed by atoms with E-state index in [-0.39, 0.29) is 30.5 Å². The molecule has 1 aromatic carbocycles. The Balaban J connectivity index is 1.62. The summed E-state index contributed by atoms with van der Waals surface area (Å²) in [5.74, 6) is 0.910. The van der Waals surface area contributed by atoms with E-state index in [2.05, 4.69) is 14.9 Å². The van der Waals surface area contributed by atoms with Crippen LogP contribution >= 0.6 is 11.3 Å². The second-order valence-corrected chi connectivity index (χ2v) is 9.48. The number of carbonyl (C=O) groups excluding carboxylic acids is 1. The fourth-order valence-electron chi connectivity index (χ4n) is 3.09. The first-order chi connectivity index (χ1) is 14.4. The molecule has 11 heteroatoms. The van der Waals surface area contributed by atoms with E-state index >= 15 is 0 Å². The number of thiophene rings is 1. The van der Waals surface area contributed by atoms with Gasteiger partial charge in [0.2, 0.25) is 15.9 Å². The Labute approximate surface area is 177 Å². The number of aryl methyl sites for hydroxylation is 2. The number of benzene rings is 1. The highest BCUT2D eigenvalue weighted by Gasteiger charge is 2.30. The molecular weight excluding hydrogens is 428 g/mol. The summed E-state index contributed by atoms with van der Waals surface area (Å²) >= 11 is 1.48. The number of fused-ring (bicyclic) bond motifs is 1. The van der Waals surface area contributed by atoms with Crippen LogP contribution in [0.25, 0.3) is 0 Å². The minimum Gasteiger partial charge on any atom is -0.482 e. The first kappa shape index (κ1) is 20.5. The number of rotatable bonds is 7. The monoisotopic (exact) mass is 448 g/mol. The van der Waals surface area contributed by atoms with E-state index in [1.54, 1.807) is 13.0 Å². The van der Waals surface area contributed by atoms with E-state index in [1.165, 1.54) is 22.3 Å². The van der Waals surface area contributed by atoms with E-state index in [9.17, 15) is 13.2 Å². The van der Waals surface area contributed by atoms with Crippen molar-refractivity contribution in [2.24, 2.45) is 0 Å². The van der Waals surface area contributed by atoms with Gasteiger partial charge in [-0.05, 0) is 30.0 Å². The van der Waals surface area contributed by atoms with Gasteiger partial charge in [0.05, 0.1) is 17.1 Å². The van der Waals surface area contributed by atoms with Gasteiger partial charge < -0.3 is 9.26 Å². The average Bonchev–Trinajstić information content (AvgIpc) is 3.40. The third kappa shape index (κ3) is 4.09. The zero-order valence-corrected chi connectivity index (χ0v) is 18.0. The highest BCUT2D eigenvalue weighted by atomic mass is 32.2. The number of hydrogen-bond acceptors (Lipinski definition) is 8. The summed E-state index contributed by atoms with van der Waals surface area (Å²) in [5, 5.41) is 5.78. The molecule has 1 aliphatic heterocycles. The van der Waals surface area contributed by atoms with Crippen LogP contribution in [0, 0.1) is 6.92 Å². The van der Waals surface area contributed by atoms with Crippen LogP contribution in [0.3, 0.4) is 0 Å². The van der Waals surface area contributed by atoms with Crippen LogP contribution in [0.15, 0.2) is 39.1 Å². The molecule has 0 saturated carbocycles. The lowest BCUT2D eigenvalue weighted by molar-refractivity contribution is -0.121. The molecule has 4 rings (SSSR count). The van der Waals surface area contributed by atoms with Crippen LogP contribution in [0.4, 0.5) is 5.69 Å². The Kier molecular flexibility index (Phi) is 5.58. The minimum atomic E-state index is -3.76. The van der Waals surface area contributed by atoms with Gasteiger partial charge in [-0.25, -0.2) is 13.1 Å². The van der Waals surface area contributed by atoms with Gasteiger partial charge in [-0.15, -0.1) is 11.3 Å². The molecule has 158 valence electrons. The molecular formula is C19H20N4O5S2. The normalized spacial score (nSPS) is 13.9.